The smallest absolute Gasteiger partial charge is 0.251 e. The van der Waals surface area contributed by atoms with Gasteiger partial charge in [0, 0.05) is 35.8 Å². The van der Waals surface area contributed by atoms with Crippen LogP contribution in [0.1, 0.15) is 54.1 Å². The third-order valence-electron chi connectivity index (χ3n) is 6.86. The molecule has 39 heavy (non-hydrogen) atoms. The number of aromatic nitrogens is 3. The van der Waals surface area contributed by atoms with Crippen molar-refractivity contribution in [3.8, 4) is 11.5 Å². The zero-order valence-electron chi connectivity index (χ0n) is 22.3. The number of hydrogen-bond donors (Lipinski definition) is 3. The van der Waals surface area contributed by atoms with E-state index < -0.39 is 5.54 Å². The number of hydrogen-bond acceptors (Lipinski definition) is 8. The average Bonchev–Trinajstić information content (AvgIpc) is 3.48. The van der Waals surface area contributed by atoms with Gasteiger partial charge in [0.05, 0.1) is 12.7 Å². The Hall–Kier alpha value is -4.08. The molecule has 0 saturated carbocycles. The Morgan fingerprint density at radius 3 is 2.56 bits per heavy atom. The van der Waals surface area contributed by atoms with Gasteiger partial charge < -0.3 is 25.1 Å². The molecule has 0 spiro atoms. The lowest BCUT2D eigenvalue weighted by Crippen LogP contribution is -2.45. The van der Waals surface area contributed by atoms with Crippen molar-refractivity contribution in [1.82, 2.24) is 25.8 Å². The van der Waals surface area contributed by atoms with Crippen LogP contribution in [0.3, 0.4) is 0 Å². The maximum atomic E-state index is 13.1. The van der Waals surface area contributed by atoms with Crippen LogP contribution in [0.4, 0.5) is 5.69 Å². The van der Waals surface area contributed by atoms with Crippen molar-refractivity contribution >= 4 is 11.6 Å². The molecule has 202 valence electrons. The highest BCUT2D eigenvalue weighted by Crippen LogP contribution is 2.35. The van der Waals surface area contributed by atoms with Gasteiger partial charge in [-0.25, -0.2) is 0 Å². The van der Waals surface area contributed by atoms with Gasteiger partial charge in [0.25, 0.3) is 5.91 Å². The van der Waals surface area contributed by atoms with Crippen molar-refractivity contribution in [2.75, 3.05) is 18.4 Å². The fraction of sp³-hybridized carbons (Fsp3) is 0.333. The van der Waals surface area contributed by atoms with E-state index >= 15 is 0 Å². The second kappa shape index (κ2) is 12.2. The summed E-state index contributed by atoms with van der Waals surface area (Å²) in [6.07, 6.45) is 5.06. The highest BCUT2D eigenvalue weighted by molar-refractivity contribution is 5.95. The highest BCUT2D eigenvalue weighted by Gasteiger charge is 2.39. The van der Waals surface area contributed by atoms with E-state index in [-0.39, 0.29) is 12.0 Å². The van der Waals surface area contributed by atoms with Gasteiger partial charge in [-0.2, -0.15) is 0 Å². The molecule has 1 amide bonds. The first kappa shape index (κ1) is 26.5. The molecule has 1 aliphatic rings. The zero-order valence-corrected chi connectivity index (χ0v) is 22.3. The summed E-state index contributed by atoms with van der Waals surface area (Å²) in [7, 11) is 0. The number of anilines is 1. The molecule has 0 aliphatic carbocycles. The maximum Gasteiger partial charge on any atom is 0.251 e. The first-order chi connectivity index (χ1) is 19.0. The lowest BCUT2D eigenvalue weighted by Gasteiger charge is -2.36. The fourth-order valence-electron chi connectivity index (χ4n) is 4.69. The summed E-state index contributed by atoms with van der Waals surface area (Å²) in [5.41, 5.74) is 3.77. The second-order valence-electron chi connectivity index (χ2n) is 10.00. The van der Waals surface area contributed by atoms with Crippen LogP contribution in [0, 0.1) is 0 Å². The third kappa shape index (κ3) is 6.50. The van der Waals surface area contributed by atoms with Gasteiger partial charge in [-0.15, -0.1) is 10.2 Å². The molecule has 3 N–H and O–H groups in total. The molecule has 4 aromatic rings. The Kier molecular flexibility index (Phi) is 8.29. The van der Waals surface area contributed by atoms with E-state index in [4.69, 9.17) is 9.15 Å². The van der Waals surface area contributed by atoms with Crippen molar-refractivity contribution in [1.29, 1.82) is 0 Å². The van der Waals surface area contributed by atoms with E-state index in [1.54, 1.807) is 12.4 Å². The monoisotopic (exact) mass is 526 g/mol. The number of ether oxygens (including phenoxy) is 1. The Morgan fingerprint density at radius 2 is 1.79 bits per heavy atom. The van der Waals surface area contributed by atoms with Crippen molar-refractivity contribution in [2.24, 2.45) is 0 Å². The molecule has 1 fully saturated rings. The van der Waals surface area contributed by atoms with Crippen molar-refractivity contribution < 1.29 is 13.9 Å². The lowest BCUT2D eigenvalue weighted by molar-refractivity contribution is 0.0651. The van der Waals surface area contributed by atoms with Crippen LogP contribution in [0.5, 0.6) is 0 Å². The minimum Gasteiger partial charge on any atom is -0.418 e. The highest BCUT2D eigenvalue weighted by atomic mass is 16.5. The van der Waals surface area contributed by atoms with Crippen LogP contribution in [0.25, 0.3) is 11.5 Å². The fourth-order valence-corrected chi connectivity index (χ4v) is 4.69. The Bertz CT molecular complexity index is 1380. The van der Waals surface area contributed by atoms with Gasteiger partial charge in [0.2, 0.25) is 11.8 Å². The summed E-state index contributed by atoms with van der Waals surface area (Å²) in [6.45, 7) is 6.57. The molecule has 0 atom stereocenters. The normalized spacial score (nSPS) is 14.7. The van der Waals surface area contributed by atoms with E-state index in [9.17, 15) is 4.79 Å². The van der Waals surface area contributed by atoms with Gasteiger partial charge in [-0.1, -0.05) is 30.3 Å². The molecule has 0 unspecified atom stereocenters. The Labute approximate surface area is 228 Å². The number of nitrogens with one attached hydrogen (secondary N) is 3. The molecule has 9 nitrogen and oxygen atoms in total. The standard InChI is InChI=1S/C30H34N6O3/c1-21(2)38-20-25-7-4-3-6-24(25)19-33-27(37)23-8-5-9-26(18-23)34-30(12-16-32-17-13-30)29-36-35-28(39-29)22-10-14-31-15-11-22/h3-11,14-15,18,21,32,34H,12-13,16-17,19-20H2,1-2H3,(H,33,37). The molecule has 0 radical (unpaired) electrons. The molecule has 1 aliphatic heterocycles. The summed E-state index contributed by atoms with van der Waals surface area (Å²) in [5, 5.41) is 18.8. The topological polar surface area (TPSA) is 114 Å². The van der Waals surface area contributed by atoms with Crippen molar-refractivity contribution in [2.45, 2.75) is 51.5 Å². The summed E-state index contributed by atoms with van der Waals surface area (Å²) >= 11 is 0. The average molecular weight is 527 g/mol. The molecule has 2 aromatic carbocycles. The summed E-state index contributed by atoms with van der Waals surface area (Å²) in [6, 6.07) is 19.2. The Balaban J connectivity index is 1.31. The minimum absolute atomic E-state index is 0.139. The number of rotatable bonds is 10. The number of carbonyl (C=O) groups excluding carboxylic acids is 1. The van der Waals surface area contributed by atoms with Crippen LogP contribution in [-0.2, 0) is 23.4 Å². The largest absolute Gasteiger partial charge is 0.418 e. The first-order valence-electron chi connectivity index (χ1n) is 13.3. The van der Waals surface area contributed by atoms with Crippen LogP contribution in [0.2, 0.25) is 0 Å². The minimum atomic E-state index is -0.548. The molecule has 2 aromatic heterocycles. The van der Waals surface area contributed by atoms with Gasteiger partial charge in [-0.05, 0) is 81.2 Å². The molecule has 0 bridgehead atoms. The van der Waals surface area contributed by atoms with Gasteiger partial charge in [0.1, 0.15) is 5.54 Å². The molecule has 3 heterocycles. The van der Waals surface area contributed by atoms with Gasteiger partial charge >= 0.3 is 0 Å². The number of piperidine rings is 1. The van der Waals surface area contributed by atoms with Gasteiger partial charge in [0.15, 0.2) is 0 Å². The van der Waals surface area contributed by atoms with Gasteiger partial charge in [-0.3, -0.25) is 9.78 Å². The molecule has 5 rings (SSSR count). The first-order valence-corrected chi connectivity index (χ1v) is 13.3. The van der Waals surface area contributed by atoms with Crippen molar-refractivity contribution in [3.63, 3.8) is 0 Å². The second-order valence-corrected chi connectivity index (χ2v) is 10.00. The van der Waals surface area contributed by atoms with E-state index in [2.05, 4.69) is 31.1 Å². The van der Waals surface area contributed by atoms with E-state index in [0.717, 1.165) is 48.3 Å². The Morgan fingerprint density at radius 1 is 1.03 bits per heavy atom. The van der Waals surface area contributed by atoms with E-state index in [1.165, 1.54) is 0 Å². The maximum absolute atomic E-state index is 13.1. The van der Waals surface area contributed by atoms with Crippen LogP contribution < -0.4 is 16.0 Å². The van der Waals surface area contributed by atoms with Crippen LogP contribution in [0.15, 0.2) is 77.5 Å². The lowest BCUT2D eigenvalue weighted by atomic mass is 9.87. The SMILES string of the molecule is CC(C)OCc1ccccc1CNC(=O)c1cccc(NC2(c3nnc(-c4ccncc4)o3)CCNCC2)c1. The molecule has 1 saturated heterocycles. The zero-order chi connectivity index (χ0) is 27.1. The van der Waals surface area contributed by atoms with Crippen molar-refractivity contribution in [3.05, 3.63) is 95.6 Å². The summed E-state index contributed by atoms with van der Waals surface area (Å²) in [4.78, 5) is 17.2. The van der Waals surface area contributed by atoms with Crippen LogP contribution >= 0.6 is 0 Å². The molecular weight excluding hydrogens is 492 g/mol. The number of benzene rings is 2. The van der Waals surface area contributed by atoms with E-state index in [1.807, 2.05) is 74.5 Å². The quantitative estimate of drug-likeness (QED) is 0.273. The summed E-state index contributed by atoms with van der Waals surface area (Å²) in [5.74, 6) is 0.848. The number of nitrogens with zero attached hydrogens (tertiary/aromatic N) is 3. The van der Waals surface area contributed by atoms with E-state index in [0.29, 0.717) is 30.5 Å². The predicted molar refractivity (Wildman–Crippen MR) is 149 cm³/mol. The predicted octanol–water partition coefficient (Wildman–Crippen LogP) is 4.68. The van der Waals surface area contributed by atoms with Crippen LogP contribution in [-0.4, -0.2) is 40.3 Å². The number of carbonyl (C=O) groups is 1. The third-order valence-corrected chi connectivity index (χ3v) is 6.86. The molecule has 9 heteroatoms. The molecular formula is C30H34N6O3. The summed E-state index contributed by atoms with van der Waals surface area (Å²) < 4.78 is 11.9. The number of amides is 1. The number of pyridine rings is 1.